The molecule has 1 aliphatic heterocycles. The number of sulfonamides is 1. The van der Waals surface area contributed by atoms with Gasteiger partial charge in [-0.1, -0.05) is 26.0 Å². The van der Waals surface area contributed by atoms with E-state index in [-0.39, 0.29) is 11.9 Å². The summed E-state index contributed by atoms with van der Waals surface area (Å²) in [4.78, 5) is 15.3. The summed E-state index contributed by atoms with van der Waals surface area (Å²) in [5.41, 5.74) is 2.81. The molecule has 1 aliphatic rings. The van der Waals surface area contributed by atoms with Crippen LogP contribution in [0.1, 0.15) is 51.6 Å². The van der Waals surface area contributed by atoms with Crippen LogP contribution in [0.4, 0.5) is 11.4 Å². The predicted octanol–water partition coefficient (Wildman–Crippen LogP) is 4.35. The first-order valence-corrected chi connectivity index (χ1v) is 13.8. The number of nitrogens with zero attached hydrogens (tertiary/aromatic N) is 2. The maximum absolute atomic E-state index is 12.9. The monoisotopic (exact) mass is 487 g/mol. The summed E-state index contributed by atoms with van der Waals surface area (Å²) in [6.45, 7) is 8.35. The van der Waals surface area contributed by atoms with Crippen LogP contribution < -0.4 is 19.3 Å². The second-order valence-corrected chi connectivity index (χ2v) is 11.3. The average molecular weight is 488 g/mol. The third-order valence-electron chi connectivity index (χ3n) is 6.41. The highest BCUT2D eigenvalue weighted by molar-refractivity contribution is 7.92. The second-order valence-electron chi connectivity index (χ2n) is 9.25. The van der Waals surface area contributed by atoms with Gasteiger partial charge in [0.2, 0.25) is 10.0 Å². The van der Waals surface area contributed by atoms with Crippen LogP contribution in [0.15, 0.2) is 48.5 Å². The topological polar surface area (TPSA) is 78.9 Å². The lowest BCUT2D eigenvalue weighted by atomic mass is 9.99. The van der Waals surface area contributed by atoms with Gasteiger partial charge in [0, 0.05) is 25.8 Å². The molecule has 2 aromatic carbocycles. The van der Waals surface area contributed by atoms with Crippen molar-refractivity contribution in [3.8, 4) is 5.75 Å². The highest BCUT2D eigenvalue weighted by atomic mass is 32.2. The van der Waals surface area contributed by atoms with Crippen molar-refractivity contribution in [2.45, 2.75) is 52.2 Å². The number of carbonyl (C=O) groups is 1. The van der Waals surface area contributed by atoms with Gasteiger partial charge in [-0.15, -0.1) is 0 Å². The minimum absolute atomic E-state index is 0.148. The Balaban J connectivity index is 1.59. The van der Waals surface area contributed by atoms with Gasteiger partial charge in [-0.3, -0.25) is 9.10 Å². The summed E-state index contributed by atoms with van der Waals surface area (Å²) < 4.78 is 30.5. The van der Waals surface area contributed by atoms with Crippen LogP contribution in [-0.2, 0) is 14.8 Å². The van der Waals surface area contributed by atoms with Gasteiger partial charge in [0.1, 0.15) is 5.75 Å². The molecule has 8 heteroatoms. The van der Waals surface area contributed by atoms with Gasteiger partial charge < -0.3 is 15.0 Å². The molecule has 0 bridgehead atoms. The van der Waals surface area contributed by atoms with E-state index in [1.165, 1.54) is 29.9 Å². The largest absolute Gasteiger partial charge is 0.481 e. The van der Waals surface area contributed by atoms with Gasteiger partial charge in [0.05, 0.1) is 18.0 Å². The number of nitrogens with one attached hydrogen (secondary N) is 1. The van der Waals surface area contributed by atoms with E-state index in [1.54, 1.807) is 24.3 Å². The van der Waals surface area contributed by atoms with E-state index in [4.69, 9.17) is 4.74 Å². The van der Waals surface area contributed by atoms with Crippen LogP contribution in [0.25, 0.3) is 0 Å². The summed E-state index contributed by atoms with van der Waals surface area (Å²) in [6.07, 6.45) is 3.54. The molecule has 1 heterocycles. The number of benzene rings is 2. The van der Waals surface area contributed by atoms with Crippen LogP contribution in [-0.4, -0.2) is 46.8 Å². The lowest BCUT2D eigenvalue weighted by Gasteiger charge is -2.33. The maximum Gasteiger partial charge on any atom is 0.261 e. The molecule has 1 amide bonds. The number of hydrogen-bond acceptors (Lipinski definition) is 5. The van der Waals surface area contributed by atoms with Crippen LogP contribution >= 0.6 is 0 Å². The lowest BCUT2D eigenvalue weighted by Crippen LogP contribution is -2.39. The Hall–Kier alpha value is -2.74. The third-order valence-corrected chi connectivity index (χ3v) is 7.62. The SMILES string of the molecule is CC[C@H](Oc1ccc(N(C)S(C)(=O)=O)cc1)C(=O)N[C@H](C)c1ccc(N2CCC[C@@H](C)C2)cc1. The zero-order valence-electron chi connectivity index (χ0n) is 20.8. The van der Waals surface area contributed by atoms with Crippen molar-refractivity contribution in [2.24, 2.45) is 5.92 Å². The standard InChI is InChI=1S/C26H37N3O4S/c1-6-25(33-24-15-13-22(14-16-24)28(4)34(5,31)32)26(30)27-20(3)21-9-11-23(12-10-21)29-17-7-8-19(2)18-29/h9-16,19-20,25H,6-8,17-18H2,1-5H3,(H,27,30)/t19-,20-,25+/m1/s1. The Bertz CT molecular complexity index is 1050. The molecule has 3 atom stereocenters. The first-order valence-electron chi connectivity index (χ1n) is 11.9. The minimum atomic E-state index is -3.34. The molecular formula is C26H37N3O4S. The van der Waals surface area contributed by atoms with Gasteiger partial charge in [-0.2, -0.15) is 0 Å². The van der Waals surface area contributed by atoms with Crippen LogP contribution in [0.3, 0.4) is 0 Å². The number of amides is 1. The van der Waals surface area contributed by atoms with E-state index in [0.29, 0.717) is 17.9 Å². The fraction of sp³-hybridized carbons (Fsp3) is 0.500. The number of anilines is 2. The number of carbonyl (C=O) groups excluding carboxylic acids is 1. The average Bonchev–Trinajstić information content (AvgIpc) is 2.82. The predicted molar refractivity (Wildman–Crippen MR) is 138 cm³/mol. The number of hydrogen-bond donors (Lipinski definition) is 1. The van der Waals surface area contributed by atoms with Crippen LogP contribution in [0.5, 0.6) is 5.75 Å². The van der Waals surface area contributed by atoms with Gasteiger partial charge in [0.25, 0.3) is 5.91 Å². The summed E-state index contributed by atoms with van der Waals surface area (Å²) >= 11 is 0. The Morgan fingerprint density at radius 1 is 1.18 bits per heavy atom. The summed E-state index contributed by atoms with van der Waals surface area (Å²) in [6, 6.07) is 15.0. The number of rotatable bonds is 9. The van der Waals surface area contributed by atoms with Crippen molar-refractivity contribution in [1.82, 2.24) is 5.32 Å². The van der Waals surface area contributed by atoms with Crippen molar-refractivity contribution in [3.05, 3.63) is 54.1 Å². The first kappa shape index (κ1) is 25.9. The maximum atomic E-state index is 12.9. The minimum Gasteiger partial charge on any atom is -0.481 e. The van der Waals surface area contributed by atoms with Gasteiger partial charge in [-0.05, 0) is 74.1 Å². The molecule has 1 fully saturated rings. The lowest BCUT2D eigenvalue weighted by molar-refractivity contribution is -0.128. The zero-order chi connectivity index (χ0) is 24.9. The molecule has 0 aromatic heterocycles. The van der Waals surface area contributed by atoms with Crippen molar-refractivity contribution in [3.63, 3.8) is 0 Å². The second kappa shape index (κ2) is 11.1. The van der Waals surface area contributed by atoms with E-state index in [9.17, 15) is 13.2 Å². The fourth-order valence-corrected chi connectivity index (χ4v) is 4.70. The Morgan fingerprint density at radius 2 is 1.82 bits per heavy atom. The molecule has 0 saturated carbocycles. The van der Waals surface area contributed by atoms with Crippen LogP contribution in [0.2, 0.25) is 0 Å². The van der Waals surface area contributed by atoms with Gasteiger partial charge >= 0.3 is 0 Å². The molecule has 0 unspecified atom stereocenters. The molecule has 186 valence electrons. The molecule has 0 spiro atoms. The fourth-order valence-electron chi connectivity index (χ4n) is 4.20. The highest BCUT2D eigenvalue weighted by Crippen LogP contribution is 2.25. The summed E-state index contributed by atoms with van der Waals surface area (Å²) in [5.74, 6) is 1.05. The number of ether oxygens (including phenoxy) is 1. The van der Waals surface area contributed by atoms with Crippen molar-refractivity contribution >= 4 is 27.3 Å². The van der Waals surface area contributed by atoms with E-state index in [2.05, 4.69) is 41.4 Å². The summed E-state index contributed by atoms with van der Waals surface area (Å²) in [7, 11) is -1.84. The Kier molecular flexibility index (Phi) is 8.47. The van der Waals surface area contributed by atoms with E-state index in [0.717, 1.165) is 30.8 Å². The normalized spacial score (nSPS) is 18.1. The van der Waals surface area contributed by atoms with E-state index >= 15 is 0 Å². The molecule has 0 radical (unpaired) electrons. The molecular weight excluding hydrogens is 450 g/mol. The van der Waals surface area contributed by atoms with E-state index < -0.39 is 16.1 Å². The van der Waals surface area contributed by atoms with Crippen molar-refractivity contribution in [1.29, 1.82) is 0 Å². The van der Waals surface area contributed by atoms with Crippen LogP contribution in [0, 0.1) is 5.92 Å². The Morgan fingerprint density at radius 3 is 2.38 bits per heavy atom. The van der Waals surface area contributed by atoms with Gasteiger partial charge in [0.15, 0.2) is 6.10 Å². The molecule has 2 aromatic rings. The summed E-state index contributed by atoms with van der Waals surface area (Å²) in [5, 5.41) is 3.06. The van der Waals surface area contributed by atoms with Crippen molar-refractivity contribution in [2.75, 3.05) is 35.6 Å². The Labute approximate surface area is 204 Å². The third kappa shape index (κ3) is 6.65. The highest BCUT2D eigenvalue weighted by Gasteiger charge is 2.22. The van der Waals surface area contributed by atoms with Gasteiger partial charge in [-0.25, -0.2) is 8.42 Å². The molecule has 1 N–H and O–H groups in total. The molecule has 0 aliphatic carbocycles. The zero-order valence-corrected chi connectivity index (χ0v) is 21.6. The molecule has 1 saturated heterocycles. The smallest absolute Gasteiger partial charge is 0.261 e. The van der Waals surface area contributed by atoms with E-state index in [1.807, 2.05) is 13.8 Å². The molecule has 3 rings (SSSR count). The number of piperidine rings is 1. The van der Waals surface area contributed by atoms with Crippen molar-refractivity contribution < 1.29 is 17.9 Å². The molecule has 34 heavy (non-hydrogen) atoms. The quantitative estimate of drug-likeness (QED) is 0.569. The molecule has 7 nitrogen and oxygen atoms in total. The first-order chi connectivity index (χ1) is 16.1.